The summed E-state index contributed by atoms with van der Waals surface area (Å²) in [6.45, 7) is 53.1. The summed E-state index contributed by atoms with van der Waals surface area (Å²) < 4.78 is 34.8. The van der Waals surface area contributed by atoms with Crippen LogP contribution in [0.4, 0.5) is 0 Å². The summed E-state index contributed by atoms with van der Waals surface area (Å²) in [5, 5.41) is 0. The number of rotatable bonds is 22. The minimum atomic E-state index is -0.103. The summed E-state index contributed by atoms with van der Waals surface area (Å²) in [7, 11) is 2.11. The Morgan fingerprint density at radius 3 is 1.07 bits per heavy atom. The van der Waals surface area contributed by atoms with Gasteiger partial charge in [-0.15, -0.1) is 0 Å². The summed E-state index contributed by atoms with van der Waals surface area (Å²) in [5.74, 6) is 2.30. The maximum absolute atomic E-state index is 6.00. The Bertz CT molecular complexity index is 712. The number of ether oxygens (including phenoxy) is 6. The third kappa shape index (κ3) is 53.8. The van der Waals surface area contributed by atoms with Gasteiger partial charge in [-0.2, -0.15) is 0 Å². The summed E-state index contributed by atoms with van der Waals surface area (Å²) >= 11 is 0. The molecule has 7 nitrogen and oxygen atoms in total. The number of nitrogens with zero attached hydrogens (tertiary/aromatic N) is 1. The highest BCUT2D eigenvalue weighted by atomic mass is 16.6. The molecule has 0 N–H and O–H groups in total. The highest BCUT2D eigenvalue weighted by molar-refractivity contribution is 4.75. The molecule has 2 atom stereocenters. The first-order valence-corrected chi connectivity index (χ1v) is 21.0. The van der Waals surface area contributed by atoms with E-state index in [2.05, 4.69) is 157 Å². The molecule has 0 aliphatic heterocycles. The normalized spacial score (nSPS) is 13.2. The molecule has 2 unspecified atom stereocenters. The Labute approximate surface area is 343 Å². The fourth-order valence-corrected chi connectivity index (χ4v) is 3.70. The van der Waals surface area contributed by atoms with Gasteiger partial charge in [-0.25, -0.2) is 0 Å². The monoisotopic (exact) mass is 782 g/mol. The van der Waals surface area contributed by atoms with Crippen LogP contribution in [0.5, 0.6) is 0 Å². The van der Waals surface area contributed by atoms with Gasteiger partial charge in [-0.3, -0.25) is 0 Å². The van der Waals surface area contributed by atoms with Gasteiger partial charge in [-0.1, -0.05) is 132 Å². The van der Waals surface area contributed by atoms with Crippen LogP contribution < -0.4 is 0 Å². The number of hydrogen-bond acceptors (Lipinski definition) is 7. The van der Waals surface area contributed by atoms with Crippen molar-refractivity contribution in [3.05, 3.63) is 0 Å². The van der Waals surface area contributed by atoms with E-state index < -0.39 is 0 Å². The Balaban J connectivity index is -0.000000159. The van der Waals surface area contributed by atoms with E-state index in [0.717, 1.165) is 45.1 Å². The van der Waals surface area contributed by atoms with Gasteiger partial charge in [-0.05, 0) is 103 Å². The van der Waals surface area contributed by atoms with E-state index in [0.29, 0.717) is 51.5 Å². The smallest absolute Gasteiger partial charge is 0.0857 e. The SMILES string of the molecule is C.C.CC(C)CCOC(COCCOC(C)(C)C)C(C)(C)C.CC(C)CCOCC(OCCOC(C)(C)C)C(C)(C)C.CCC(C)CC.CCN(C)CC. The lowest BCUT2D eigenvalue weighted by atomic mass is 9.89. The lowest BCUT2D eigenvalue weighted by Crippen LogP contribution is -2.35. The quantitative estimate of drug-likeness (QED) is 0.101. The molecule has 0 spiro atoms. The zero-order valence-electron chi connectivity index (χ0n) is 39.7. The molecule has 0 aromatic rings. The van der Waals surface area contributed by atoms with Gasteiger partial charge in [0, 0.05) is 13.2 Å². The van der Waals surface area contributed by atoms with Gasteiger partial charge >= 0.3 is 0 Å². The molecule has 0 saturated heterocycles. The zero-order valence-corrected chi connectivity index (χ0v) is 39.7. The molecule has 0 aromatic heterocycles. The van der Waals surface area contributed by atoms with E-state index in [1.165, 1.54) is 12.8 Å². The minimum absolute atomic E-state index is 0. The molecule has 0 aliphatic carbocycles. The second-order valence-corrected chi connectivity index (χ2v) is 19.3. The standard InChI is InChI=1S/2C17H36O3.C6H14.C5H13N.2CH4/c1-14(2)9-10-19-15(16(3,4)5)13-18-11-12-20-17(6,7)8;1-14(2)9-10-18-13-15(16(3,4)5)19-11-12-20-17(6,7)8;2*1-4-6(3)5-2;;/h2*14-15H,9-13H2,1-8H3;6H,4-5H2,1-3H3;4-5H2,1-3H3;2*1H4. The summed E-state index contributed by atoms with van der Waals surface area (Å²) in [6, 6.07) is 0. The van der Waals surface area contributed by atoms with Crippen LogP contribution in [0, 0.1) is 28.6 Å². The van der Waals surface area contributed by atoms with Crippen molar-refractivity contribution in [1.29, 1.82) is 0 Å². The van der Waals surface area contributed by atoms with E-state index in [4.69, 9.17) is 28.4 Å². The second-order valence-electron chi connectivity index (χ2n) is 19.3. The second kappa shape index (κ2) is 37.0. The number of hydrogen-bond donors (Lipinski definition) is 0. The maximum Gasteiger partial charge on any atom is 0.0857 e. The van der Waals surface area contributed by atoms with Crippen LogP contribution in [-0.4, -0.2) is 101 Å². The predicted octanol–water partition coefficient (Wildman–Crippen LogP) is 13.3. The summed E-state index contributed by atoms with van der Waals surface area (Å²) in [5.41, 5.74) is -0.0175. The Morgan fingerprint density at radius 1 is 0.463 bits per heavy atom. The molecule has 0 fully saturated rings. The van der Waals surface area contributed by atoms with Gasteiger partial charge in [0.05, 0.1) is 63.1 Å². The fourth-order valence-electron chi connectivity index (χ4n) is 3.70. The van der Waals surface area contributed by atoms with Crippen molar-refractivity contribution in [1.82, 2.24) is 4.90 Å². The van der Waals surface area contributed by atoms with Crippen LogP contribution in [0.15, 0.2) is 0 Å². The lowest BCUT2D eigenvalue weighted by Gasteiger charge is -2.31. The Morgan fingerprint density at radius 2 is 0.796 bits per heavy atom. The van der Waals surface area contributed by atoms with Gasteiger partial charge < -0.3 is 33.3 Å². The van der Waals surface area contributed by atoms with E-state index in [1.54, 1.807) is 0 Å². The molecule has 0 heterocycles. The molecule has 0 aliphatic rings. The highest BCUT2D eigenvalue weighted by Gasteiger charge is 2.27. The van der Waals surface area contributed by atoms with Crippen molar-refractivity contribution in [2.24, 2.45) is 28.6 Å². The van der Waals surface area contributed by atoms with E-state index >= 15 is 0 Å². The van der Waals surface area contributed by atoms with Crippen LogP contribution in [0.25, 0.3) is 0 Å². The van der Waals surface area contributed by atoms with E-state index in [-0.39, 0.29) is 49.1 Å². The molecule has 0 radical (unpaired) electrons. The zero-order chi connectivity index (χ0) is 41.6. The molecule has 7 heteroatoms. The maximum atomic E-state index is 6.00. The van der Waals surface area contributed by atoms with Crippen LogP contribution in [-0.2, 0) is 28.4 Å². The summed E-state index contributed by atoms with van der Waals surface area (Å²) in [6.07, 6.45) is 5.10. The average Bonchev–Trinajstić information content (AvgIpc) is 3.00. The topological polar surface area (TPSA) is 58.6 Å². The third-order valence-corrected chi connectivity index (χ3v) is 8.50. The van der Waals surface area contributed by atoms with E-state index in [9.17, 15) is 0 Å². The van der Waals surface area contributed by atoms with Crippen molar-refractivity contribution >= 4 is 0 Å². The van der Waals surface area contributed by atoms with Crippen LogP contribution in [0.1, 0.15) is 186 Å². The first-order chi connectivity index (χ1) is 23.7. The molecule has 0 amide bonds. The minimum Gasteiger partial charge on any atom is -0.379 e. The summed E-state index contributed by atoms with van der Waals surface area (Å²) in [4.78, 5) is 2.25. The largest absolute Gasteiger partial charge is 0.379 e. The molecule has 0 saturated carbocycles. The third-order valence-electron chi connectivity index (χ3n) is 8.50. The molecule has 54 heavy (non-hydrogen) atoms. The van der Waals surface area contributed by atoms with Crippen LogP contribution >= 0.6 is 0 Å². The van der Waals surface area contributed by atoms with E-state index in [1.807, 2.05) is 0 Å². The van der Waals surface area contributed by atoms with Crippen molar-refractivity contribution in [3.63, 3.8) is 0 Å². The van der Waals surface area contributed by atoms with Crippen molar-refractivity contribution in [3.8, 4) is 0 Å². The van der Waals surface area contributed by atoms with Gasteiger partial charge in [0.1, 0.15) is 0 Å². The van der Waals surface area contributed by atoms with Crippen molar-refractivity contribution in [2.75, 3.05) is 73.0 Å². The molecule has 0 bridgehead atoms. The molecular formula is C47H107NO6. The highest BCUT2D eigenvalue weighted by Crippen LogP contribution is 2.24. The van der Waals surface area contributed by atoms with Crippen molar-refractivity contribution in [2.45, 2.75) is 209 Å². The van der Waals surface area contributed by atoms with Gasteiger partial charge in [0.25, 0.3) is 0 Å². The fraction of sp³-hybridized carbons (Fsp3) is 1.00. The first-order valence-electron chi connectivity index (χ1n) is 21.0. The first kappa shape index (κ1) is 65.6. The molecule has 0 aromatic carbocycles. The Hall–Kier alpha value is -0.280. The predicted molar refractivity (Wildman–Crippen MR) is 242 cm³/mol. The van der Waals surface area contributed by atoms with Gasteiger partial charge in [0.2, 0.25) is 0 Å². The Kier molecular flexibility index (Phi) is 45.0. The van der Waals surface area contributed by atoms with Crippen LogP contribution in [0.3, 0.4) is 0 Å². The van der Waals surface area contributed by atoms with Crippen LogP contribution in [0.2, 0.25) is 0 Å². The van der Waals surface area contributed by atoms with Gasteiger partial charge in [0.15, 0.2) is 0 Å². The molecule has 336 valence electrons. The lowest BCUT2D eigenvalue weighted by molar-refractivity contribution is -0.100. The molecule has 0 rings (SSSR count). The molecular weight excluding hydrogens is 675 g/mol. The average molecular weight is 782 g/mol. The van der Waals surface area contributed by atoms with Crippen molar-refractivity contribution < 1.29 is 28.4 Å².